The summed E-state index contributed by atoms with van der Waals surface area (Å²) in [5.41, 5.74) is 2.83. The Kier molecular flexibility index (Phi) is 8.02. The summed E-state index contributed by atoms with van der Waals surface area (Å²) >= 11 is 0. The Morgan fingerprint density at radius 2 is 2.23 bits per heavy atom. The molecule has 0 spiro atoms. The molecule has 1 unspecified atom stereocenters. The van der Waals surface area contributed by atoms with E-state index < -0.39 is 0 Å². The first-order valence-corrected chi connectivity index (χ1v) is 10.1. The summed E-state index contributed by atoms with van der Waals surface area (Å²) < 4.78 is 11.5. The van der Waals surface area contributed by atoms with Gasteiger partial charge in [0.25, 0.3) is 0 Å². The van der Waals surface area contributed by atoms with E-state index in [-0.39, 0.29) is 12.5 Å². The number of aliphatic imine (C=N–C) groups is 1. The van der Waals surface area contributed by atoms with Crippen LogP contribution >= 0.6 is 0 Å². The number of rotatable bonds is 8. The van der Waals surface area contributed by atoms with E-state index in [2.05, 4.69) is 32.0 Å². The molecule has 0 radical (unpaired) electrons. The summed E-state index contributed by atoms with van der Waals surface area (Å²) in [5.74, 6) is 1.66. The maximum atomic E-state index is 12.1. The van der Waals surface area contributed by atoms with Crippen molar-refractivity contribution in [2.24, 2.45) is 10.9 Å². The largest absolute Gasteiger partial charge is 0.493 e. The third-order valence-electron chi connectivity index (χ3n) is 4.75. The molecular formula is C22H29N5O3. The molecule has 30 heavy (non-hydrogen) atoms. The minimum atomic E-state index is -0.177. The maximum absolute atomic E-state index is 12.1. The molecule has 1 aliphatic rings. The molecule has 160 valence electrons. The number of pyridine rings is 1. The SMILES string of the molecule is CN=C(NCC(=O)Nc1cccnc1)NCc1ccc(C)cc1OCC1CCOC1. The van der Waals surface area contributed by atoms with Crippen LogP contribution in [-0.4, -0.2) is 50.3 Å². The average Bonchev–Trinajstić information content (AvgIpc) is 3.28. The highest BCUT2D eigenvalue weighted by atomic mass is 16.5. The Morgan fingerprint density at radius 1 is 1.33 bits per heavy atom. The van der Waals surface area contributed by atoms with Crippen molar-refractivity contribution in [3.05, 3.63) is 53.9 Å². The molecule has 2 heterocycles. The molecule has 3 N–H and O–H groups in total. The lowest BCUT2D eigenvalue weighted by atomic mass is 10.1. The third-order valence-corrected chi connectivity index (χ3v) is 4.75. The number of aromatic nitrogens is 1. The zero-order valence-corrected chi connectivity index (χ0v) is 17.5. The van der Waals surface area contributed by atoms with Gasteiger partial charge in [-0.2, -0.15) is 0 Å². The molecule has 1 fully saturated rings. The molecule has 1 atom stereocenters. The molecular weight excluding hydrogens is 382 g/mol. The van der Waals surface area contributed by atoms with E-state index in [4.69, 9.17) is 9.47 Å². The van der Waals surface area contributed by atoms with Crippen LogP contribution in [-0.2, 0) is 16.1 Å². The van der Waals surface area contributed by atoms with Crippen molar-refractivity contribution in [2.45, 2.75) is 19.9 Å². The first kappa shape index (κ1) is 21.6. The summed E-state index contributed by atoms with van der Waals surface area (Å²) in [7, 11) is 1.67. The van der Waals surface area contributed by atoms with Crippen molar-refractivity contribution in [3.63, 3.8) is 0 Å². The van der Waals surface area contributed by atoms with Crippen LogP contribution in [0.1, 0.15) is 17.5 Å². The number of amides is 1. The van der Waals surface area contributed by atoms with Gasteiger partial charge in [0.15, 0.2) is 5.96 Å². The van der Waals surface area contributed by atoms with E-state index in [0.29, 0.717) is 30.7 Å². The highest BCUT2D eigenvalue weighted by Gasteiger charge is 2.17. The van der Waals surface area contributed by atoms with E-state index in [9.17, 15) is 4.79 Å². The van der Waals surface area contributed by atoms with Crippen molar-refractivity contribution >= 4 is 17.6 Å². The lowest BCUT2D eigenvalue weighted by Gasteiger charge is -2.17. The minimum absolute atomic E-state index is 0.0908. The van der Waals surface area contributed by atoms with Crippen molar-refractivity contribution < 1.29 is 14.3 Å². The lowest BCUT2D eigenvalue weighted by Crippen LogP contribution is -2.41. The standard InChI is InChI=1S/C22H29N5O3/c1-16-5-6-18(20(10-16)30-15-17-7-9-29-14-17)11-25-22(23-2)26-13-21(28)27-19-4-3-8-24-12-19/h3-6,8,10,12,17H,7,9,11,13-15H2,1-2H3,(H,27,28)(H2,23,25,26). The predicted molar refractivity (Wildman–Crippen MR) is 117 cm³/mol. The Morgan fingerprint density at radius 3 is 2.97 bits per heavy atom. The molecule has 1 saturated heterocycles. The number of nitrogens with zero attached hydrogens (tertiary/aromatic N) is 2. The first-order chi connectivity index (χ1) is 14.6. The zero-order chi connectivity index (χ0) is 21.2. The van der Waals surface area contributed by atoms with Crippen LogP contribution < -0.4 is 20.7 Å². The van der Waals surface area contributed by atoms with Crippen LogP contribution in [0.5, 0.6) is 5.75 Å². The summed E-state index contributed by atoms with van der Waals surface area (Å²) in [6.07, 6.45) is 4.29. The van der Waals surface area contributed by atoms with Gasteiger partial charge in [0.2, 0.25) is 5.91 Å². The third kappa shape index (κ3) is 6.73. The monoisotopic (exact) mass is 411 g/mol. The molecule has 1 aromatic carbocycles. The summed E-state index contributed by atoms with van der Waals surface area (Å²) in [6, 6.07) is 9.70. The highest BCUT2D eigenvalue weighted by molar-refractivity contribution is 5.94. The van der Waals surface area contributed by atoms with Gasteiger partial charge in [-0.05, 0) is 37.1 Å². The van der Waals surface area contributed by atoms with Gasteiger partial charge in [-0.1, -0.05) is 12.1 Å². The van der Waals surface area contributed by atoms with Crippen LogP contribution in [0.25, 0.3) is 0 Å². The fourth-order valence-corrected chi connectivity index (χ4v) is 3.07. The first-order valence-electron chi connectivity index (χ1n) is 10.1. The zero-order valence-electron chi connectivity index (χ0n) is 17.5. The van der Waals surface area contributed by atoms with Crippen molar-refractivity contribution in [1.82, 2.24) is 15.6 Å². The van der Waals surface area contributed by atoms with Gasteiger partial charge in [0.1, 0.15) is 5.75 Å². The van der Waals surface area contributed by atoms with E-state index in [1.54, 1.807) is 31.6 Å². The van der Waals surface area contributed by atoms with Gasteiger partial charge in [0, 0.05) is 37.9 Å². The number of nitrogens with one attached hydrogen (secondary N) is 3. The van der Waals surface area contributed by atoms with Gasteiger partial charge in [-0.3, -0.25) is 14.8 Å². The Bertz CT molecular complexity index is 851. The lowest BCUT2D eigenvalue weighted by molar-refractivity contribution is -0.115. The number of guanidine groups is 1. The molecule has 3 rings (SSSR count). The smallest absolute Gasteiger partial charge is 0.243 e. The molecule has 8 heteroatoms. The Labute approximate surface area is 177 Å². The molecule has 1 aliphatic heterocycles. The average molecular weight is 412 g/mol. The Balaban J connectivity index is 1.49. The van der Waals surface area contributed by atoms with Crippen LogP contribution in [0.15, 0.2) is 47.7 Å². The fraction of sp³-hybridized carbons (Fsp3) is 0.409. The molecule has 0 saturated carbocycles. The molecule has 8 nitrogen and oxygen atoms in total. The minimum Gasteiger partial charge on any atom is -0.493 e. The van der Waals surface area contributed by atoms with Gasteiger partial charge in [-0.15, -0.1) is 0 Å². The van der Waals surface area contributed by atoms with Crippen LogP contribution in [0, 0.1) is 12.8 Å². The molecule has 1 amide bonds. The second-order valence-corrected chi connectivity index (χ2v) is 7.22. The molecule has 0 aliphatic carbocycles. The number of benzene rings is 1. The van der Waals surface area contributed by atoms with Crippen molar-refractivity contribution in [2.75, 3.05) is 38.7 Å². The van der Waals surface area contributed by atoms with Crippen molar-refractivity contribution in [1.29, 1.82) is 0 Å². The number of carbonyl (C=O) groups excluding carboxylic acids is 1. The van der Waals surface area contributed by atoms with E-state index >= 15 is 0 Å². The molecule has 0 bridgehead atoms. The van der Waals surface area contributed by atoms with Crippen LogP contribution in [0.4, 0.5) is 5.69 Å². The molecule has 2 aromatic rings. The number of carbonyl (C=O) groups is 1. The van der Waals surface area contributed by atoms with Gasteiger partial charge >= 0.3 is 0 Å². The number of hydrogen-bond donors (Lipinski definition) is 3. The maximum Gasteiger partial charge on any atom is 0.243 e. The van der Waals surface area contributed by atoms with Crippen LogP contribution in [0.2, 0.25) is 0 Å². The number of hydrogen-bond acceptors (Lipinski definition) is 5. The Hall–Kier alpha value is -3.13. The second-order valence-electron chi connectivity index (χ2n) is 7.22. The summed E-state index contributed by atoms with van der Waals surface area (Å²) in [5, 5.41) is 9.03. The van der Waals surface area contributed by atoms with E-state index in [1.165, 1.54) is 0 Å². The normalized spacial score (nSPS) is 16.2. The van der Waals surface area contributed by atoms with E-state index in [1.807, 2.05) is 19.1 Å². The number of ether oxygens (including phenoxy) is 2. The topological polar surface area (TPSA) is 96.9 Å². The van der Waals surface area contributed by atoms with Crippen molar-refractivity contribution in [3.8, 4) is 5.75 Å². The molecule has 1 aromatic heterocycles. The highest BCUT2D eigenvalue weighted by Crippen LogP contribution is 2.22. The second kappa shape index (κ2) is 11.2. The summed E-state index contributed by atoms with van der Waals surface area (Å²) in [4.78, 5) is 20.3. The van der Waals surface area contributed by atoms with Crippen LogP contribution in [0.3, 0.4) is 0 Å². The fourth-order valence-electron chi connectivity index (χ4n) is 3.07. The number of anilines is 1. The van der Waals surface area contributed by atoms with E-state index in [0.717, 1.165) is 36.5 Å². The van der Waals surface area contributed by atoms with Gasteiger partial charge in [0.05, 0.1) is 31.6 Å². The summed E-state index contributed by atoms with van der Waals surface area (Å²) in [6.45, 7) is 4.89. The quantitative estimate of drug-likeness (QED) is 0.455. The van der Waals surface area contributed by atoms with Gasteiger partial charge in [-0.25, -0.2) is 0 Å². The number of aryl methyl sites for hydroxylation is 1. The predicted octanol–water partition coefficient (Wildman–Crippen LogP) is 2.11. The van der Waals surface area contributed by atoms with Gasteiger partial charge < -0.3 is 25.4 Å².